The highest BCUT2D eigenvalue weighted by Crippen LogP contribution is 2.29. The smallest absolute Gasteiger partial charge is 0.236 e. The van der Waals surface area contributed by atoms with Crippen LogP contribution in [-0.4, -0.2) is 94.0 Å². The molecule has 0 aromatic heterocycles. The van der Waals surface area contributed by atoms with Crippen LogP contribution in [0.5, 0.6) is 0 Å². The molecule has 0 bridgehead atoms. The lowest BCUT2D eigenvalue weighted by Gasteiger charge is -2.50. The van der Waals surface area contributed by atoms with Crippen LogP contribution >= 0.6 is 0 Å². The van der Waals surface area contributed by atoms with Crippen molar-refractivity contribution in [1.29, 1.82) is 0 Å². The van der Waals surface area contributed by atoms with Crippen molar-refractivity contribution in [2.45, 2.75) is 32.4 Å². The lowest BCUT2D eigenvalue weighted by molar-refractivity contribution is -0.142. The molecule has 0 unspecified atom stereocenters. The molecule has 0 aliphatic carbocycles. The van der Waals surface area contributed by atoms with Gasteiger partial charge in [0.25, 0.3) is 0 Å². The SMILES string of the molecule is C/C=C/N1N=C(N2CCN(CC(=O)N3CC(O)C3)CC2)C1(C)C. The Balaban J connectivity index is 1.48. The highest BCUT2D eigenvalue weighted by molar-refractivity contribution is 5.94. The zero-order chi connectivity index (χ0) is 16.6. The van der Waals surface area contributed by atoms with Crippen LogP contribution in [0.3, 0.4) is 0 Å². The summed E-state index contributed by atoms with van der Waals surface area (Å²) in [6.45, 7) is 11.4. The van der Waals surface area contributed by atoms with Gasteiger partial charge in [-0.3, -0.25) is 14.7 Å². The van der Waals surface area contributed by atoms with Gasteiger partial charge < -0.3 is 14.9 Å². The maximum atomic E-state index is 12.1. The number of hydrogen-bond donors (Lipinski definition) is 1. The number of likely N-dealkylation sites (tertiary alicyclic amines) is 1. The number of amides is 1. The van der Waals surface area contributed by atoms with E-state index in [1.807, 2.05) is 24.2 Å². The zero-order valence-corrected chi connectivity index (χ0v) is 14.3. The van der Waals surface area contributed by atoms with Crippen LogP contribution < -0.4 is 0 Å². The van der Waals surface area contributed by atoms with Crippen molar-refractivity contribution < 1.29 is 9.90 Å². The van der Waals surface area contributed by atoms with E-state index in [0.717, 1.165) is 32.0 Å². The number of aliphatic hydroxyl groups excluding tert-OH is 1. The Morgan fingerprint density at radius 3 is 2.48 bits per heavy atom. The van der Waals surface area contributed by atoms with E-state index in [4.69, 9.17) is 0 Å². The number of rotatable bonds is 3. The monoisotopic (exact) mass is 321 g/mol. The van der Waals surface area contributed by atoms with Crippen molar-refractivity contribution in [3.63, 3.8) is 0 Å². The number of piperazine rings is 1. The van der Waals surface area contributed by atoms with Gasteiger partial charge in [-0.2, -0.15) is 5.10 Å². The number of carbonyl (C=O) groups is 1. The normalized spacial score (nSPS) is 25.4. The minimum absolute atomic E-state index is 0.0573. The molecule has 2 saturated heterocycles. The maximum absolute atomic E-state index is 12.1. The molecule has 0 aromatic rings. The standard InChI is InChI=1S/C16H27N5O2/c1-4-5-21-16(2,3)15(17-21)19-8-6-18(7-9-19)12-14(23)20-10-13(22)11-20/h4-5,13,22H,6-12H2,1-3H3/b5-4+. The summed E-state index contributed by atoms with van der Waals surface area (Å²) in [7, 11) is 0. The van der Waals surface area contributed by atoms with E-state index >= 15 is 0 Å². The number of aliphatic hydroxyl groups is 1. The largest absolute Gasteiger partial charge is 0.389 e. The number of amidine groups is 1. The molecule has 23 heavy (non-hydrogen) atoms. The number of carbonyl (C=O) groups excluding carboxylic acids is 1. The number of hydrogen-bond acceptors (Lipinski definition) is 6. The zero-order valence-electron chi connectivity index (χ0n) is 14.3. The Kier molecular flexibility index (Phi) is 4.33. The van der Waals surface area contributed by atoms with Crippen LogP contribution in [0.2, 0.25) is 0 Å². The van der Waals surface area contributed by atoms with Crippen LogP contribution in [-0.2, 0) is 4.79 Å². The summed E-state index contributed by atoms with van der Waals surface area (Å²) in [5, 5.41) is 15.9. The quantitative estimate of drug-likeness (QED) is 0.777. The Labute approximate surface area is 137 Å². The van der Waals surface area contributed by atoms with E-state index in [0.29, 0.717) is 19.6 Å². The molecule has 1 N–H and O–H groups in total. The van der Waals surface area contributed by atoms with Crippen molar-refractivity contribution in [2.24, 2.45) is 5.10 Å². The van der Waals surface area contributed by atoms with E-state index in [1.54, 1.807) is 4.90 Å². The van der Waals surface area contributed by atoms with Gasteiger partial charge in [-0.15, -0.1) is 0 Å². The van der Waals surface area contributed by atoms with E-state index in [1.165, 1.54) is 0 Å². The summed E-state index contributed by atoms with van der Waals surface area (Å²) in [6.07, 6.45) is 3.67. The lowest BCUT2D eigenvalue weighted by Crippen LogP contribution is -2.64. The van der Waals surface area contributed by atoms with Crippen LogP contribution in [0, 0.1) is 0 Å². The molecule has 7 heteroatoms. The molecule has 0 saturated carbocycles. The first-order chi connectivity index (χ1) is 10.9. The van der Waals surface area contributed by atoms with E-state index in [9.17, 15) is 9.90 Å². The number of β-amino-alcohol motifs (C(OH)–C–C–N with tert-alkyl or cyclic N) is 1. The minimum atomic E-state index is -0.324. The van der Waals surface area contributed by atoms with E-state index < -0.39 is 0 Å². The number of nitrogens with zero attached hydrogens (tertiary/aromatic N) is 5. The molecular weight excluding hydrogens is 294 g/mol. The summed E-state index contributed by atoms with van der Waals surface area (Å²) in [5.74, 6) is 1.26. The molecule has 0 atom stereocenters. The first-order valence-corrected chi connectivity index (χ1v) is 8.36. The fraction of sp³-hybridized carbons (Fsp3) is 0.750. The lowest BCUT2D eigenvalue weighted by atomic mass is 9.98. The highest BCUT2D eigenvalue weighted by atomic mass is 16.3. The molecule has 3 aliphatic rings. The summed E-state index contributed by atoms with van der Waals surface area (Å²) in [6, 6.07) is 0. The molecule has 7 nitrogen and oxygen atoms in total. The Morgan fingerprint density at radius 2 is 1.96 bits per heavy atom. The van der Waals surface area contributed by atoms with Gasteiger partial charge in [0.05, 0.1) is 12.6 Å². The average Bonchev–Trinajstić information content (AvgIpc) is 2.49. The van der Waals surface area contributed by atoms with Crippen molar-refractivity contribution in [3.05, 3.63) is 12.3 Å². The van der Waals surface area contributed by atoms with Crippen molar-refractivity contribution >= 4 is 11.7 Å². The molecule has 3 aliphatic heterocycles. The first kappa shape index (κ1) is 16.3. The molecule has 1 amide bonds. The van der Waals surface area contributed by atoms with Crippen molar-refractivity contribution in [1.82, 2.24) is 19.7 Å². The van der Waals surface area contributed by atoms with Crippen LogP contribution in [0.15, 0.2) is 17.4 Å². The van der Waals surface area contributed by atoms with Gasteiger partial charge in [0.15, 0.2) is 5.84 Å². The summed E-state index contributed by atoms with van der Waals surface area (Å²) < 4.78 is 0. The second-order valence-corrected chi connectivity index (χ2v) is 7.03. The second-order valence-electron chi connectivity index (χ2n) is 7.03. The third-order valence-electron chi connectivity index (χ3n) is 4.86. The van der Waals surface area contributed by atoms with Crippen LogP contribution in [0.1, 0.15) is 20.8 Å². The van der Waals surface area contributed by atoms with Crippen LogP contribution in [0.25, 0.3) is 0 Å². The molecule has 3 rings (SSSR count). The second kappa shape index (κ2) is 6.13. The Morgan fingerprint density at radius 1 is 1.30 bits per heavy atom. The fourth-order valence-electron chi connectivity index (χ4n) is 3.29. The van der Waals surface area contributed by atoms with Crippen molar-refractivity contribution in [3.8, 4) is 0 Å². The van der Waals surface area contributed by atoms with Gasteiger partial charge in [0, 0.05) is 45.5 Å². The predicted molar refractivity (Wildman–Crippen MR) is 88.8 cm³/mol. The van der Waals surface area contributed by atoms with Gasteiger partial charge >= 0.3 is 0 Å². The highest BCUT2D eigenvalue weighted by Gasteiger charge is 2.43. The molecule has 0 spiro atoms. The summed E-state index contributed by atoms with van der Waals surface area (Å²) in [4.78, 5) is 18.3. The molecule has 3 heterocycles. The first-order valence-electron chi connectivity index (χ1n) is 8.36. The third-order valence-corrected chi connectivity index (χ3v) is 4.86. The van der Waals surface area contributed by atoms with Gasteiger partial charge in [0.1, 0.15) is 5.54 Å². The van der Waals surface area contributed by atoms with Gasteiger partial charge in [-0.05, 0) is 20.8 Å². The maximum Gasteiger partial charge on any atom is 0.236 e. The number of hydrazone groups is 1. The van der Waals surface area contributed by atoms with E-state index in [-0.39, 0.29) is 17.6 Å². The third kappa shape index (κ3) is 3.07. The fourth-order valence-corrected chi connectivity index (χ4v) is 3.29. The topological polar surface area (TPSA) is 62.6 Å². The van der Waals surface area contributed by atoms with Gasteiger partial charge in [0.2, 0.25) is 5.91 Å². The molecule has 0 aromatic carbocycles. The van der Waals surface area contributed by atoms with Crippen molar-refractivity contribution in [2.75, 3.05) is 45.8 Å². The van der Waals surface area contributed by atoms with Gasteiger partial charge in [-0.25, -0.2) is 0 Å². The van der Waals surface area contributed by atoms with Crippen LogP contribution in [0.4, 0.5) is 0 Å². The average molecular weight is 321 g/mol. The summed E-state index contributed by atoms with van der Waals surface area (Å²) in [5.41, 5.74) is -0.0573. The summed E-state index contributed by atoms with van der Waals surface area (Å²) >= 11 is 0. The Bertz CT molecular complexity index is 517. The Hall–Kier alpha value is -1.60. The van der Waals surface area contributed by atoms with E-state index in [2.05, 4.69) is 28.7 Å². The molecule has 128 valence electrons. The molecule has 0 radical (unpaired) electrons. The molecular formula is C16H27N5O2. The number of allylic oxidation sites excluding steroid dienone is 1. The van der Waals surface area contributed by atoms with Gasteiger partial charge in [-0.1, -0.05) is 6.08 Å². The predicted octanol–water partition coefficient (Wildman–Crippen LogP) is -0.252. The minimum Gasteiger partial charge on any atom is -0.389 e. The molecule has 2 fully saturated rings.